The summed E-state index contributed by atoms with van der Waals surface area (Å²) in [6.45, 7) is 4.17. The normalized spacial score (nSPS) is 23.3. The van der Waals surface area contributed by atoms with Gasteiger partial charge in [0.05, 0.1) is 6.54 Å². The molecule has 1 saturated carbocycles. The van der Waals surface area contributed by atoms with Gasteiger partial charge in [0.2, 0.25) is 0 Å². The van der Waals surface area contributed by atoms with Gasteiger partial charge in [-0.2, -0.15) is 5.10 Å². The molecule has 0 saturated heterocycles. The summed E-state index contributed by atoms with van der Waals surface area (Å²) >= 11 is 0. The van der Waals surface area contributed by atoms with E-state index in [0.717, 1.165) is 43.3 Å². The molecule has 0 radical (unpaired) electrons. The maximum Gasteiger partial charge on any atom is 0.272 e. The molecule has 0 unspecified atom stereocenters. The van der Waals surface area contributed by atoms with Gasteiger partial charge in [-0.15, -0.1) is 0 Å². The first-order valence-electron chi connectivity index (χ1n) is 8.26. The molecule has 5 nitrogen and oxygen atoms in total. The summed E-state index contributed by atoms with van der Waals surface area (Å²) in [4.78, 5) is 14.7. The molecule has 5 heteroatoms. The smallest absolute Gasteiger partial charge is 0.272 e. The second kappa shape index (κ2) is 5.72. The number of aromatic nitrogens is 2. The summed E-state index contributed by atoms with van der Waals surface area (Å²) in [5.41, 5.74) is 1.50. The largest absolute Gasteiger partial charge is 0.487 e. The molecule has 0 spiro atoms. The molecular formula is C18H21N3O2. The average Bonchev–Trinajstić information content (AvgIpc) is 2.96. The molecule has 1 amide bonds. The number of nitrogens with zero attached hydrogens (tertiary/aromatic N) is 3. The van der Waals surface area contributed by atoms with E-state index in [2.05, 4.69) is 12.0 Å². The third kappa shape index (κ3) is 2.71. The molecular weight excluding hydrogens is 290 g/mol. The number of carbonyl (C=O) groups excluding carboxylic acids is 1. The van der Waals surface area contributed by atoms with Crippen molar-refractivity contribution in [1.29, 1.82) is 0 Å². The summed E-state index contributed by atoms with van der Waals surface area (Å²) in [5.74, 6) is 1.68. The lowest BCUT2D eigenvalue weighted by Gasteiger charge is -2.43. The van der Waals surface area contributed by atoms with Crippen molar-refractivity contribution in [2.75, 3.05) is 6.54 Å². The highest BCUT2D eigenvalue weighted by molar-refractivity contribution is 5.93. The predicted octanol–water partition coefficient (Wildman–Crippen LogP) is 2.72. The number of rotatable bonds is 4. The van der Waals surface area contributed by atoms with E-state index in [4.69, 9.17) is 4.74 Å². The maximum atomic E-state index is 12.7. The fourth-order valence-corrected chi connectivity index (χ4v) is 3.47. The van der Waals surface area contributed by atoms with E-state index in [0.29, 0.717) is 18.3 Å². The summed E-state index contributed by atoms with van der Waals surface area (Å²) < 4.78 is 7.55. The molecule has 2 heterocycles. The van der Waals surface area contributed by atoms with Crippen LogP contribution in [0.4, 0.5) is 0 Å². The van der Waals surface area contributed by atoms with E-state index < -0.39 is 0 Å². The van der Waals surface area contributed by atoms with Crippen LogP contribution < -0.4 is 4.74 Å². The van der Waals surface area contributed by atoms with Crippen LogP contribution in [-0.4, -0.2) is 33.2 Å². The van der Waals surface area contributed by atoms with Crippen LogP contribution in [0.3, 0.4) is 0 Å². The molecule has 0 bridgehead atoms. The van der Waals surface area contributed by atoms with Gasteiger partial charge in [0.1, 0.15) is 23.7 Å². The summed E-state index contributed by atoms with van der Waals surface area (Å²) in [7, 11) is 0. The van der Waals surface area contributed by atoms with Crippen LogP contribution in [0.25, 0.3) is 0 Å². The minimum atomic E-state index is 0.117. The highest BCUT2D eigenvalue weighted by atomic mass is 16.5. The fourth-order valence-electron chi connectivity index (χ4n) is 3.47. The van der Waals surface area contributed by atoms with Gasteiger partial charge in [-0.3, -0.25) is 9.48 Å². The number of ether oxygens (including phenoxy) is 1. The standard InChI is InChI=1S/C18H21N3O2/c1-13-9-15(10-13)20-7-8-21-17(18(20)22)11-14(19-21)12-23-16-5-3-2-4-6-16/h2-6,11,13,15H,7-10,12H2,1H3. The third-order valence-corrected chi connectivity index (χ3v) is 4.78. The van der Waals surface area contributed by atoms with Gasteiger partial charge < -0.3 is 9.64 Å². The number of hydrogen-bond donors (Lipinski definition) is 0. The Morgan fingerprint density at radius 2 is 2.00 bits per heavy atom. The van der Waals surface area contributed by atoms with E-state index in [9.17, 15) is 4.79 Å². The highest BCUT2D eigenvalue weighted by Gasteiger charge is 2.37. The van der Waals surface area contributed by atoms with Crippen LogP contribution in [0.15, 0.2) is 36.4 Å². The first-order valence-corrected chi connectivity index (χ1v) is 8.26. The number of para-hydroxylation sites is 1. The van der Waals surface area contributed by atoms with Gasteiger partial charge in [-0.05, 0) is 37.0 Å². The van der Waals surface area contributed by atoms with Crippen LogP contribution >= 0.6 is 0 Å². The lowest BCUT2D eigenvalue weighted by molar-refractivity contribution is 0.0406. The summed E-state index contributed by atoms with van der Waals surface area (Å²) in [5, 5.41) is 4.51. The third-order valence-electron chi connectivity index (χ3n) is 4.78. The molecule has 1 aliphatic carbocycles. The molecule has 23 heavy (non-hydrogen) atoms. The predicted molar refractivity (Wildman–Crippen MR) is 86.2 cm³/mol. The van der Waals surface area contributed by atoms with E-state index in [1.165, 1.54) is 0 Å². The molecule has 1 aromatic carbocycles. The Bertz CT molecular complexity index is 704. The number of carbonyl (C=O) groups is 1. The van der Waals surface area contributed by atoms with Gasteiger partial charge in [0.25, 0.3) is 5.91 Å². The first-order chi connectivity index (χ1) is 11.2. The monoisotopic (exact) mass is 311 g/mol. The Morgan fingerprint density at radius 1 is 1.22 bits per heavy atom. The van der Waals surface area contributed by atoms with Crippen molar-refractivity contribution in [3.63, 3.8) is 0 Å². The molecule has 4 rings (SSSR count). The van der Waals surface area contributed by atoms with Crippen molar-refractivity contribution in [3.05, 3.63) is 47.8 Å². The summed E-state index contributed by atoms with van der Waals surface area (Å²) in [6, 6.07) is 12.0. The summed E-state index contributed by atoms with van der Waals surface area (Å²) in [6.07, 6.45) is 2.26. The first kappa shape index (κ1) is 14.3. The van der Waals surface area contributed by atoms with Crippen LogP contribution in [0.2, 0.25) is 0 Å². The van der Waals surface area contributed by atoms with Crippen molar-refractivity contribution in [1.82, 2.24) is 14.7 Å². The minimum absolute atomic E-state index is 0.117. The van der Waals surface area contributed by atoms with Crippen molar-refractivity contribution < 1.29 is 9.53 Å². The fraction of sp³-hybridized carbons (Fsp3) is 0.444. The zero-order valence-corrected chi connectivity index (χ0v) is 13.3. The van der Waals surface area contributed by atoms with Gasteiger partial charge in [0.15, 0.2) is 0 Å². The van der Waals surface area contributed by atoms with E-state index >= 15 is 0 Å². The lowest BCUT2D eigenvalue weighted by Crippen LogP contribution is -2.51. The van der Waals surface area contributed by atoms with Gasteiger partial charge in [0, 0.05) is 12.6 Å². The minimum Gasteiger partial charge on any atom is -0.487 e. The molecule has 1 aliphatic heterocycles. The van der Waals surface area contributed by atoms with Gasteiger partial charge >= 0.3 is 0 Å². The van der Waals surface area contributed by atoms with Crippen LogP contribution in [0, 0.1) is 5.92 Å². The van der Waals surface area contributed by atoms with E-state index in [-0.39, 0.29) is 5.91 Å². The average molecular weight is 311 g/mol. The molecule has 0 N–H and O–H groups in total. The topological polar surface area (TPSA) is 47.4 Å². The number of hydrogen-bond acceptors (Lipinski definition) is 3. The molecule has 120 valence electrons. The molecule has 2 aromatic rings. The second-order valence-corrected chi connectivity index (χ2v) is 6.57. The zero-order valence-electron chi connectivity index (χ0n) is 13.3. The quantitative estimate of drug-likeness (QED) is 0.872. The lowest BCUT2D eigenvalue weighted by atomic mass is 9.80. The van der Waals surface area contributed by atoms with Gasteiger partial charge in [-0.25, -0.2) is 0 Å². The SMILES string of the molecule is CC1CC(N2CCn3nc(COc4ccccc4)cc3C2=O)C1. The highest BCUT2D eigenvalue weighted by Crippen LogP contribution is 2.33. The Labute approximate surface area is 135 Å². The maximum absolute atomic E-state index is 12.7. The molecule has 1 fully saturated rings. The van der Waals surface area contributed by atoms with E-state index in [1.807, 2.05) is 46.0 Å². The van der Waals surface area contributed by atoms with Crippen molar-refractivity contribution in [3.8, 4) is 5.75 Å². The zero-order chi connectivity index (χ0) is 15.8. The Kier molecular flexibility index (Phi) is 3.56. The van der Waals surface area contributed by atoms with E-state index in [1.54, 1.807) is 0 Å². The number of amides is 1. The van der Waals surface area contributed by atoms with Crippen LogP contribution in [0.5, 0.6) is 5.75 Å². The number of fused-ring (bicyclic) bond motifs is 1. The Balaban J connectivity index is 1.45. The second-order valence-electron chi connectivity index (χ2n) is 6.57. The Hall–Kier alpha value is -2.30. The number of benzene rings is 1. The van der Waals surface area contributed by atoms with Crippen molar-refractivity contribution in [2.45, 2.75) is 39.0 Å². The molecule has 1 aromatic heterocycles. The van der Waals surface area contributed by atoms with Gasteiger partial charge in [-0.1, -0.05) is 25.1 Å². The molecule has 2 aliphatic rings. The van der Waals surface area contributed by atoms with Crippen LogP contribution in [-0.2, 0) is 13.2 Å². The van der Waals surface area contributed by atoms with Crippen LogP contribution in [0.1, 0.15) is 35.9 Å². The van der Waals surface area contributed by atoms with Crippen molar-refractivity contribution in [2.24, 2.45) is 5.92 Å². The van der Waals surface area contributed by atoms with Crippen molar-refractivity contribution >= 4 is 5.91 Å². The Morgan fingerprint density at radius 3 is 2.74 bits per heavy atom. The molecule has 0 atom stereocenters.